The molecule has 1 heterocycles. The molecule has 1 amide bonds. The number of ether oxygens (including phenoxy) is 1. The Kier molecular flexibility index (Phi) is 6.55. The van der Waals surface area contributed by atoms with E-state index in [1.807, 2.05) is 47.2 Å². The van der Waals surface area contributed by atoms with Gasteiger partial charge in [-0.2, -0.15) is 8.42 Å². The summed E-state index contributed by atoms with van der Waals surface area (Å²) < 4.78 is 32.8. The van der Waals surface area contributed by atoms with Gasteiger partial charge in [0.25, 0.3) is 15.9 Å². The zero-order valence-corrected chi connectivity index (χ0v) is 19.0. The lowest BCUT2D eigenvalue weighted by molar-refractivity contribution is -0.121. The first-order valence-electron chi connectivity index (χ1n) is 9.47. The van der Waals surface area contributed by atoms with Gasteiger partial charge in [0.05, 0.1) is 0 Å². The number of rotatable bonds is 7. The monoisotopic (exact) mass is 484 g/mol. The van der Waals surface area contributed by atoms with Crippen LogP contribution in [0.25, 0.3) is 21.7 Å². The zero-order valence-electron chi connectivity index (χ0n) is 16.6. The maximum absolute atomic E-state index is 12.6. The third-order valence-electron chi connectivity index (χ3n) is 4.43. The smallest absolute Gasteiger partial charge is 0.282 e. The van der Waals surface area contributed by atoms with Gasteiger partial charge < -0.3 is 4.74 Å². The second-order valence-corrected chi connectivity index (χ2v) is 9.60. The third kappa shape index (κ3) is 5.16. The fourth-order valence-corrected chi connectivity index (χ4v) is 5.13. The lowest BCUT2D eigenvalue weighted by atomic mass is 10.1. The first-order chi connectivity index (χ1) is 15.4. The summed E-state index contributed by atoms with van der Waals surface area (Å²) in [5, 5.41) is 2.22. The molecule has 0 radical (unpaired) electrons. The Labute approximate surface area is 194 Å². The number of sulfonamides is 1. The molecule has 1 N–H and O–H groups in total. The number of halogens is 1. The van der Waals surface area contributed by atoms with Crippen molar-refractivity contribution in [1.29, 1.82) is 0 Å². The molecule has 0 atom stereocenters. The lowest BCUT2D eigenvalue weighted by Crippen LogP contribution is -2.34. The van der Waals surface area contributed by atoms with Gasteiger partial charge >= 0.3 is 0 Å². The first-order valence-corrected chi connectivity index (χ1v) is 12.2. The summed E-state index contributed by atoms with van der Waals surface area (Å²) >= 11 is 7.04. The number of nitrogens with zero attached hydrogens (tertiary/aromatic N) is 1. The molecule has 4 rings (SSSR count). The first kappa shape index (κ1) is 22.0. The molecule has 162 valence electrons. The lowest BCUT2D eigenvalue weighted by Gasteiger charge is -2.11. The number of benzene rings is 3. The summed E-state index contributed by atoms with van der Waals surface area (Å²) in [7, 11) is -4.13. The minimum atomic E-state index is -4.13. The minimum Gasteiger partial charge on any atom is -0.483 e. The molecule has 0 aliphatic carbocycles. The fourth-order valence-electron chi connectivity index (χ4n) is 2.93. The van der Waals surface area contributed by atoms with Crippen LogP contribution in [-0.2, 0) is 14.8 Å². The van der Waals surface area contributed by atoms with Gasteiger partial charge in [-0.15, -0.1) is 11.3 Å². The van der Waals surface area contributed by atoms with Crippen LogP contribution < -0.4 is 9.46 Å². The molecule has 32 heavy (non-hydrogen) atoms. The Balaban J connectivity index is 1.43. The molecule has 4 aromatic rings. The van der Waals surface area contributed by atoms with Crippen molar-refractivity contribution < 1.29 is 17.9 Å². The minimum absolute atomic E-state index is 0.231. The van der Waals surface area contributed by atoms with Crippen molar-refractivity contribution in [3.8, 4) is 27.4 Å². The second-order valence-electron chi connectivity index (χ2n) is 6.68. The largest absolute Gasteiger partial charge is 0.483 e. The Morgan fingerprint density at radius 3 is 2.38 bits per heavy atom. The van der Waals surface area contributed by atoms with Crippen molar-refractivity contribution in [2.24, 2.45) is 0 Å². The number of hydrogen-bond donors (Lipinski definition) is 1. The van der Waals surface area contributed by atoms with Crippen LogP contribution in [0, 0.1) is 0 Å². The number of thiazole rings is 1. The number of amides is 1. The van der Waals surface area contributed by atoms with Gasteiger partial charge in [0.1, 0.15) is 10.8 Å². The van der Waals surface area contributed by atoms with Gasteiger partial charge in [0.2, 0.25) is 0 Å². The Morgan fingerprint density at radius 1 is 0.938 bits per heavy atom. The number of aromatic nitrogens is 1. The van der Waals surface area contributed by atoms with Crippen LogP contribution in [0.5, 0.6) is 5.75 Å². The molecule has 0 saturated carbocycles. The second kappa shape index (κ2) is 9.52. The van der Waals surface area contributed by atoms with E-state index in [2.05, 4.69) is 4.98 Å². The average Bonchev–Trinajstić information content (AvgIpc) is 3.30. The van der Waals surface area contributed by atoms with Gasteiger partial charge in [0, 0.05) is 21.5 Å². The third-order valence-corrected chi connectivity index (χ3v) is 6.98. The predicted octanol–water partition coefficient (Wildman–Crippen LogP) is 5.01. The van der Waals surface area contributed by atoms with Crippen molar-refractivity contribution in [3.63, 3.8) is 0 Å². The van der Waals surface area contributed by atoms with Crippen LogP contribution in [0.3, 0.4) is 0 Å². The highest BCUT2D eigenvalue weighted by Gasteiger charge is 2.22. The van der Waals surface area contributed by atoms with E-state index in [0.29, 0.717) is 15.8 Å². The molecule has 3 aromatic carbocycles. The fraction of sp³-hybridized carbons (Fsp3) is 0.0435. The quantitative estimate of drug-likeness (QED) is 0.398. The van der Waals surface area contributed by atoms with Gasteiger partial charge in [0.15, 0.2) is 11.6 Å². The standard InChI is InChI=1S/C23H17ClN2O4S2/c24-18-12-10-17(11-13-18)23-25-22(15-31-23)32(28,29)26-21(27)14-30-20-9-5-4-8-19(20)16-6-2-1-3-7-16/h1-13,15H,14H2,(H,26,27). The van der Waals surface area contributed by atoms with Crippen molar-refractivity contribution in [2.45, 2.75) is 5.03 Å². The summed E-state index contributed by atoms with van der Waals surface area (Å²) in [4.78, 5) is 16.5. The van der Waals surface area contributed by atoms with Gasteiger partial charge in [-0.1, -0.05) is 72.3 Å². The van der Waals surface area contributed by atoms with Crippen LogP contribution >= 0.6 is 22.9 Å². The molecular weight excluding hydrogens is 468 g/mol. The Bertz CT molecular complexity index is 1340. The van der Waals surface area contributed by atoms with E-state index in [9.17, 15) is 13.2 Å². The van der Waals surface area contributed by atoms with E-state index in [0.717, 1.165) is 28.0 Å². The molecule has 6 nitrogen and oxygen atoms in total. The van der Waals surface area contributed by atoms with E-state index >= 15 is 0 Å². The molecule has 0 bridgehead atoms. The number of nitrogens with one attached hydrogen (secondary N) is 1. The molecule has 0 aliphatic heterocycles. The highest BCUT2D eigenvalue weighted by molar-refractivity contribution is 7.90. The summed E-state index contributed by atoms with van der Waals surface area (Å²) in [5.74, 6) is -0.321. The molecule has 0 unspecified atom stereocenters. The number of para-hydroxylation sites is 1. The van der Waals surface area contributed by atoms with E-state index in [1.54, 1.807) is 36.4 Å². The maximum Gasteiger partial charge on any atom is 0.282 e. The van der Waals surface area contributed by atoms with Crippen LogP contribution in [0.15, 0.2) is 89.3 Å². The Morgan fingerprint density at radius 2 is 1.62 bits per heavy atom. The summed E-state index contributed by atoms with van der Waals surface area (Å²) in [5.41, 5.74) is 2.46. The number of carbonyl (C=O) groups is 1. The summed E-state index contributed by atoms with van der Waals surface area (Å²) in [6.45, 7) is -0.461. The van der Waals surface area contributed by atoms with Crippen LogP contribution in [-0.4, -0.2) is 25.9 Å². The van der Waals surface area contributed by atoms with E-state index in [4.69, 9.17) is 16.3 Å². The van der Waals surface area contributed by atoms with E-state index in [-0.39, 0.29) is 5.03 Å². The van der Waals surface area contributed by atoms with E-state index < -0.39 is 22.5 Å². The highest BCUT2D eigenvalue weighted by Crippen LogP contribution is 2.30. The molecule has 1 aromatic heterocycles. The topological polar surface area (TPSA) is 85.4 Å². The SMILES string of the molecule is O=C(COc1ccccc1-c1ccccc1)NS(=O)(=O)c1csc(-c2ccc(Cl)cc2)n1. The van der Waals surface area contributed by atoms with Crippen molar-refractivity contribution >= 4 is 38.9 Å². The molecule has 0 aliphatic rings. The van der Waals surface area contributed by atoms with Gasteiger partial charge in [-0.3, -0.25) is 4.79 Å². The zero-order chi connectivity index (χ0) is 22.6. The van der Waals surface area contributed by atoms with Crippen LogP contribution in [0.4, 0.5) is 0 Å². The van der Waals surface area contributed by atoms with Crippen LogP contribution in [0.2, 0.25) is 5.02 Å². The molecule has 0 spiro atoms. The number of hydrogen-bond acceptors (Lipinski definition) is 6. The number of carbonyl (C=O) groups excluding carboxylic acids is 1. The molecular formula is C23H17ClN2O4S2. The molecule has 9 heteroatoms. The van der Waals surface area contributed by atoms with E-state index in [1.165, 1.54) is 5.38 Å². The van der Waals surface area contributed by atoms with Crippen molar-refractivity contribution in [2.75, 3.05) is 6.61 Å². The van der Waals surface area contributed by atoms with Crippen LogP contribution in [0.1, 0.15) is 0 Å². The van der Waals surface area contributed by atoms with Crippen molar-refractivity contribution in [3.05, 3.63) is 89.3 Å². The summed E-state index contributed by atoms with van der Waals surface area (Å²) in [6, 6.07) is 23.7. The maximum atomic E-state index is 12.6. The van der Waals surface area contributed by atoms with Gasteiger partial charge in [-0.25, -0.2) is 9.71 Å². The normalized spacial score (nSPS) is 11.2. The Hall–Kier alpha value is -3.20. The average molecular weight is 485 g/mol. The molecule has 0 fully saturated rings. The van der Waals surface area contributed by atoms with Crippen molar-refractivity contribution in [1.82, 2.24) is 9.71 Å². The highest BCUT2D eigenvalue weighted by atomic mass is 35.5. The summed E-state index contributed by atoms with van der Waals surface area (Å²) in [6.07, 6.45) is 0. The van der Waals surface area contributed by atoms with Gasteiger partial charge in [-0.05, 0) is 23.8 Å². The predicted molar refractivity (Wildman–Crippen MR) is 125 cm³/mol. The molecule has 0 saturated heterocycles.